The topological polar surface area (TPSA) is 6.48 Å². The van der Waals surface area contributed by atoms with Crippen LogP contribution in [0.2, 0.25) is 0 Å². The van der Waals surface area contributed by atoms with Gasteiger partial charge >= 0.3 is 0 Å². The van der Waals surface area contributed by atoms with Crippen LogP contribution in [0, 0.1) is 0 Å². The van der Waals surface area contributed by atoms with Gasteiger partial charge in [-0.2, -0.15) is 0 Å². The van der Waals surface area contributed by atoms with E-state index in [0.29, 0.717) is 0 Å². The van der Waals surface area contributed by atoms with Crippen molar-refractivity contribution in [2.45, 2.75) is 176 Å². The number of hydrogen-bond acceptors (Lipinski definition) is 3. The predicted molar refractivity (Wildman–Crippen MR) is 280 cm³/mol. The van der Waals surface area contributed by atoms with E-state index in [9.17, 15) is 0 Å². The number of nitrogens with zero attached hydrogens (tertiary/aromatic N) is 2. The molecule has 2 nitrogen and oxygen atoms in total. The molecule has 9 rings (SSSR count). The van der Waals surface area contributed by atoms with Gasteiger partial charge in [0, 0.05) is 43.3 Å². The highest BCUT2D eigenvalue weighted by atomic mass is 32.1. The lowest BCUT2D eigenvalue weighted by Crippen LogP contribution is -2.60. The van der Waals surface area contributed by atoms with Crippen molar-refractivity contribution in [2.24, 2.45) is 0 Å². The molecule has 0 saturated heterocycles. The summed E-state index contributed by atoms with van der Waals surface area (Å²) in [5.41, 5.74) is 21.0. The van der Waals surface area contributed by atoms with Crippen LogP contribution >= 0.6 is 11.3 Å². The number of fused-ring (bicyclic) bond motifs is 7. The second-order valence-electron chi connectivity index (χ2n) is 24.6. The molecule has 0 bridgehead atoms. The quantitative estimate of drug-likeness (QED) is 0.154. The van der Waals surface area contributed by atoms with E-state index in [-0.39, 0.29) is 39.2 Å². The first kappa shape index (κ1) is 44.0. The minimum absolute atomic E-state index is 0.00209. The number of aryl methyl sites for hydroxylation is 1. The smallest absolute Gasteiger partial charge is 0.264 e. The van der Waals surface area contributed by atoms with Crippen molar-refractivity contribution in [1.29, 1.82) is 0 Å². The average molecular weight is 853 g/mol. The maximum atomic E-state index is 2.73. The summed E-state index contributed by atoms with van der Waals surface area (Å²) in [5.74, 6) is 0. The Morgan fingerprint density at radius 1 is 0.587 bits per heavy atom. The van der Waals surface area contributed by atoms with Gasteiger partial charge in [0.2, 0.25) is 0 Å². The molecule has 5 aromatic carbocycles. The summed E-state index contributed by atoms with van der Waals surface area (Å²) in [4.78, 5) is 5.35. The lowest BCUT2D eigenvalue weighted by atomic mass is 9.36. The molecule has 0 fully saturated rings. The fraction of sp³-hybridized carbons (Fsp3) is 0.458. The van der Waals surface area contributed by atoms with E-state index < -0.39 is 0 Å². The SMILES string of the molecule is CCCC(C)(C)c1cc2sc3c(c2cc1CC)N(c1ccc2c(c1)C(C)(C)CC2(C)C)c1cc(C(C)(C)C)cc2c1B3c1cc(C(C)(C)C)ccc1N2c1ccc(C(C)(C)C)cc1. The van der Waals surface area contributed by atoms with Gasteiger partial charge in [-0.25, -0.2) is 0 Å². The monoisotopic (exact) mass is 853 g/mol. The fourth-order valence-electron chi connectivity index (χ4n) is 11.9. The van der Waals surface area contributed by atoms with Crippen LogP contribution in [-0.4, -0.2) is 6.71 Å². The van der Waals surface area contributed by atoms with E-state index in [4.69, 9.17) is 0 Å². The molecule has 0 N–H and O–H groups in total. The molecule has 0 atom stereocenters. The van der Waals surface area contributed by atoms with Crippen molar-refractivity contribution < 1.29 is 0 Å². The Morgan fingerprint density at radius 2 is 1.17 bits per heavy atom. The Labute approximate surface area is 385 Å². The van der Waals surface area contributed by atoms with E-state index in [1.54, 1.807) is 0 Å². The Kier molecular flexibility index (Phi) is 10.0. The van der Waals surface area contributed by atoms with Crippen molar-refractivity contribution in [1.82, 2.24) is 0 Å². The van der Waals surface area contributed by atoms with Gasteiger partial charge in [-0.05, 0) is 156 Å². The number of thiophene rings is 1. The molecule has 63 heavy (non-hydrogen) atoms. The molecular weight excluding hydrogens is 780 g/mol. The molecule has 0 unspecified atom stereocenters. The molecule has 3 aliphatic rings. The second-order valence-corrected chi connectivity index (χ2v) is 25.7. The highest BCUT2D eigenvalue weighted by molar-refractivity contribution is 7.33. The molecule has 328 valence electrons. The van der Waals surface area contributed by atoms with Crippen LogP contribution in [0.1, 0.15) is 176 Å². The summed E-state index contributed by atoms with van der Waals surface area (Å²) in [5, 5.41) is 1.39. The third-order valence-electron chi connectivity index (χ3n) is 15.2. The van der Waals surface area contributed by atoms with E-state index >= 15 is 0 Å². The zero-order chi connectivity index (χ0) is 45.6. The fourth-order valence-corrected chi connectivity index (χ4v) is 13.3. The lowest BCUT2D eigenvalue weighted by Gasteiger charge is -2.44. The first-order valence-corrected chi connectivity index (χ1v) is 24.9. The molecule has 0 amide bonds. The molecule has 1 aliphatic carbocycles. The van der Waals surface area contributed by atoms with Crippen LogP contribution in [0.5, 0.6) is 0 Å². The van der Waals surface area contributed by atoms with Crippen molar-refractivity contribution >= 4 is 78.0 Å². The van der Waals surface area contributed by atoms with Gasteiger partial charge in [-0.1, -0.05) is 154 Å². The lowest BCUT2D eigenvalue weighted by molar-refractivity contribution is 0.403. The van der Waals surface area contributed by atoms with Gasteiger partial charge in [0.15, 0.2) is 0 Å². The molecule has 2 aliphatic heterocycles. The van der Waals surface area contributed by atoms with Gasteiger partial charge < -0.3 is 9.80 Å². The molecule has 6 aromatic rings. The van der Waals surface area contributed by atoms with Crippen molar-refractivity contribution in [2.75, 3.05) is 9.80 Å². The molecule has 4 heteroatoms. The van der Waals surface area contributed by atoms with Gasteiger partial charge in [0.05, 0.1) is 5.69 Å². The largest absolute Gasteiger partial charge is 0.311 e. The Bertz CT molecular complexity index is 2790. The molecule has 1 aromatic heterocycles. The molecule has 0 saturated carbocycles. The summed E-state index contributed by atoms with van der Waals surface area (Å²) in [7, 11) is 0. The summed E-state index contributed by atoms with van der Waals surface area (Å²) >= 11 is 2.06. The van der Waals surface area contributed by atoms with Gasteiger partial charge in [-0.15, -0.1) is 11.3 Å². The Hall–Kier alpha value is -4.28. The van der Waals surface area contributed by atoms with Crippen LogP contribution in [-0.2, 0) is 38.9 Å². The highest BCUT2D eigenvalue weighted by Crippen LogP contribution is 2.54. The second kappa shape index (κ2) is 14.4. The maximum Gasteiger partial charge on any atom is 0.264 e. The third kappa shape index (κ3) is 7.03. The molecular formula is C59H73BN2S. The van der Waals surface area contributed by atoms with Crippen LogP contribution in [0.4, 0.5) is 34.1 Å². The van der Waals surface area contributed by atoms with Crippen LogP contribution in [0.3, 0.4) is 0 Å². The van der Waals surface area contributed by atoms with Gasteiger partial charge in [0.1, 0.15) is 0 Å². The minimum atomic E-state index is -0.0824. The van der Waals surface area contributed by atoms with E-state index in [1.165, 1.54) is 112 Å². The standard InChI is InChI=1S/C59H73BN2S/c1-18-28-57(12,13)44-34-50-42(29-36(44)19-2)52-53(63-50)60-46-30-38(55(6,7)8)22-27-47(46)61(40-23-20-37(21-24-40)54(3,4)5)48-31-39(56(9,10)11)32-49(51(48)60)62(52)41-25-26-43-45(33-41)59(16,17)35-58(43,14)15/h20-27,29-34H,18-19,28,35H2,1-17H3. The third-order valence-corrected chi connectivity index (χ3v) is 16.4. The first-order valence-electron chi connectivity index (χ1n) is 24.1. The number of benzene rings is 5. The zero-order valence-corrected chi connectivity index (χ0v) is 42.6. The number of anilines is 6. The average Bonchev–Trinajstić information content (AvgIpc) is 3.65. The van der Waals surface area contributed by atoms with Crippen molar-refractivity contribution in [3.05, 3.63) is 124 Å². The maximum absolute atomic E-state index is 2.73. The highest BCUT2D eigenvalue weighted by Gasteiger charge is 2.48. The normalized spacial score (nSPS) is 16.6. The summed E-state index contributed by atoms with van der Waals surface area (Å²) < 4.78 is 2.87. The number of rotatable bonds is 6. The molecule has 0 spiro atoms. The van der Waals surface area contributed by atoms with Crippen molar-refractivity contribution in [3.8, 4) is 0 Å². The van der Waals surface area contributed by atoms with Gasteiger partial charge in [-0.3, -0.25) is 0 Å². The first-order chi connectivity index (χ1) is 29.3. The van der Waals surface area contributed by atoms with Crippen LogP contribution < -0.4 is 25.5 Å². The Balaban J connectivity index is 1.44. The van der Waals surface area contributed by atoms with E-state index in [0.717, 1.165) is 12.8 Å². The zero-order valence-electron chi connectivity index (χ0n) is 41.8. The van der Waals surface area contributed by atoms with E-state index in [1.807, 2.05) is 0 Å². The Morgan fingerprint density at radius 3 is 1.78 bits per heavy atom. The van der Waals surface area contributed by atoms with E-state index in [2.05, 4.69) is 224 Å². The van der Waals surface area contributed by atoms with Crippen LogP contribution in [0.15, 0.2) is 84.9 Å². The molecule has 3 heterocycles. The van der Waals surface area contributed by atoms with Crippen LogP contribution in [0.25, 0.3) is 10.1 Å². The summed E-state index contributed by atoms with van der Waals surface area (Å²) in [6.07, 6.45) is 4.51. The number of hydrogen-bond donors (Lipinski definition) is 0. The summed E-state index contributed by atoms with van der Waals surface area (Å²) in [6.45, 7) is 40.7. The van der Waals surface area contributed by atoms with Crippen molar-refractivity contribution in [3.63, 3.8) is 0 Å². The van der Waals surface area contributed by atoms with Gasteiger partial charge in [0.25, 0.3) is 6.71 Å². The predicted octanol–water partition coefficient (Wildman–Crippen LogP) is 15.5. The summed E-state index contributed by atoms with van der Waals surface area (Å²) in [6, 6.07) is 34.8. The molecule has 0 radical (unpaired) electrons. The minimum Gasteiger partial charge on any atom is -0.311 e.